The molecule has 0 spiro atoms. The molecule has 0 amide bonds. The lowest BCUT2D eigenvalue weighted by molar-refractivity contribution is 0.643. The highest BCUT2D eigenvalue weighted by Crippen LogP contribution is 2.19. The van der Waals surface area contributed by atoms with Gasteiger partial charge < -0.3 is 5.73 Å². The van der Waals surface area contributed by atoms with Gasteiger partial charge in [-0.2, -0.15) is 5.10 Å². The Morgan fingerprint density at radius 2 is 2.28 bits per heavy atom. The molecular weight excluding hydrogens is 244 g/mol. The molecule has 2 rings (SSSR count). The van der Waals surface area contributed by atoms with Crippen molar-refractivity contribution in [1.29, 1.82) is 0 Å². The minimum absolute atomic E-state index is 0.0958. The van der Waals surface area contributed by atoms with Crippen LogP contribution in [0, 0.1) is 6.92 Å². The van der Waals surface area contributed by atoms with Crippen LogP contribution < -0.4 is 5.73 Å². The van der Waals surface area contributed by atoms with E-state index in [1.165, 1.54) is 10.5 Å². The van der Waals surface area contributed by atoms with Crippen LogP contribution in [0.2, 0.25) is 0 Å². The van der Waals surface area contributed by atoms with Crippen LogP contribution in [0.15, 0.2) is 35.5 Å². The molecule has 5 heteroatoms. The van der Waals surface area contributed by atoms with Gasteiger partial charge in [0.05, 0.1) is 0 Å². The Morgan fingerprint density at radius 3 is 2.94 bits per heavy atom. The van der Waals surface area contributed by atoms with Crippen molar-refractivity contribution < 1.29 is 0 Å². The highest BCUT2D eigenvalue weighted by molar-refractivity contribution is 7.99. The van der Waals surface area contributed by atoms with Gasteiger partial charge in [-0.3, -0.25) is 4.68 Å². The van der Waals surface area contributed by atoms with E-state index in [0.29, 0.717) is 0 Å². The second-order valence-corrected chi connectivity index (χ2v) is 5.49. The van der Waals surface area contributed by atoms with E-state index in [2.05, 4.69) is 41.3 Å². The van der Waals surface area contributed by atoms with Crippen LogP contribution in [-0.2, 0) is 13.5 Å². The average molecular weight is 262 g/mol. The Labute approximate surface area is 112 Å². The molecule has 2 aromatic rings. The first-order chi connectivity index (χ1) is 8.65. The molecule has 2 N–H and O–H groups in total. The zero-order chi connectivity index (χ0) is 13.0. The molecule has 0 aliphatic carbocycles. The molecule has 1 heterocycles. The third-order valence-corrected chi connectivity index (χ3v) is 3.89. The first-order valence-corrected chi connectivity index (χ1v) is 6.91. The number of nitrogens with two attached hydrogens (primary N) is 1. The minimum atomic E-state index is 0.0958. The summed E-state index contributed by atoms with van der Waals surface area (Å²) in [6.07, 6.45) is 2.32. The molecule has 4 nitrogen and oxygen atoms in total. The maximum atomic E-state index is 6.12. The number of hydrogen-bond donors (Lipinski definition) is 1. The Morgan fingerprint density at radius 1 is 1.44 bits per heavy atom. The van der Waals surface area contributed by atoms with E-state index < -0.39 is 0 Å². The highest BCUT2D eigenvalue weighted by atomic mass is 32.2. The van der Waals surface area contributed by atoms with Crippen LogP contribution in [0.1, 0.15) is 11.4 Å². The number of aryl methyl sites for hydroxylation is 2. The predicted molar refractivity (Wildman–Crippen MR) is 74.6 cm³/mol. The van der Waals surface area contributed by atoms with E-state index in [-0.39, 0.29) is 6.04 Å². The monoisotopic (exact) mass is 262 g/mol. The fourth-order valence-corrected chi connectivity index (χ4v) is 2.68. The van der Waals surface area contributed by atoms with Crippen LogP contribution >= 0.6 is 11.8 Å². The number of nitrogens with zero attached hydrogens (tertiary/aromatic N) is 3. The van der Waals surface area contributed by atoms with Gasteiger partial charge in [-0.15, -0.1) is 11.8 Å². The summed E-state index contributed by atoms with van der Waals surface area (Å²) in [4.78, 5) is 5.45. The molecule has 1 atom stereocenters. The Balaban J connectivity index is 1.85. The third kappa shape index (κ3) is 3.58. The average Bonchev–Trinajstić information content (AvgIpc) is 2.73. The number of thioether (sulfide) groups is 1. The molecule has 1 aromatic heterocycles. The number of hydrogen-bond acceptors (Lipinski definition) is 4. The van der Waals surface area contributed by atoms with Crippen molar-refractivity contribution >= 4 is 11.8 Å². The van der Waals surface area contributed by atoms with Crippen molar-refractivity contribution in [1.82, 2.24) is 14.8 Å². The lowest BCUT2D eigenvalue weighted by Gasteiger charge is -2.10. The topological polar surface area (TPSA) is 56.7 Å². The van der Waals surface area contributed by atoms with Gasteiger partial charge in [0.2, 0.25) is 0 Å². The zero-order valence-corrected chi connectivity index (χ0v) is 11.5. The van der Waals surface area contributed by atoms with Crippen molar-refractivity contribution in [2.75, 3.05) is 5.75 Å². The molecule has 0 saturated carbocycles. The summed E-state index contributed by atoms with van der Waals surface area (Å²) < 4.78 is 1.77. The lowest BCUT2D eigenvalue weighted by Crippen LogP contribution is -2.27. The van der Waals surface area contributed by atoms with Crippen molar-refractivity contribution in [2.24, 2.45) is 12.8 Å². The molecule has 0 fully saturated rings. The Kier molecular flexibility index (Phi) is 4.38. The molecule has 18 heavy (non-hydrogen) atoms. The number of benzene rings is 1. The molecule has 0 aliphatic rings. The van der Waals surface area contributed by atoms with Crippen LogP contribution in [0.25, 0.3) is 0 Å². The van der Waals surface area contributed by atoms with Crippen molar-refractivity contribution in [3.63, 3.8) is 0 Å². The van der Waals surface area contributed by atoms with Crippen LogP contribution in [0.5, 0.6) is 0 Å². The van der Waals surface area contributed by atoms with Gasteiger partial charge in [0, 0.05) is 30.2 Å². The molecule has 0 saturated heterocycles. The summed E-state index contributed by atoms with van der Waals surface area (Å²) in [5.41, 5.74) is 7.40. The standard InChI is InChI=1S/C13H18N4S/c1-10-4-3-5-12(6-10)18-8-11(14)7-13-15-9-16-17(13)2/h3-6,9,11H,7-8,14H2,1-2H3. The predicted octanol–water partition coefficient (Wildman–Crippen LogP) is 1.79. The molecule has 96 valence electrons. The Hall–Kier alpha value is -1.33. The molecule has 1 unspecified atom stereocenters. The summed E-state index contributed by atoms with van der Waals surface area (Å²) in [7, 11) is 1.89. The van der Waals surface area contributed by atoms with Crippen molar-refractivity contribution in [2.45, 2.75) is 24.3 Å². The summed E-state index contributed by atoms with van der Waals surface area (Å²) in [5, 5.41) is 4.04. The first-order valence-electron chi connectivity index (χ1n) is 5.93. The number of aromatic nitrogens is 3. The highest BCUT2D eigenvalue weighted by Gasteiger charge is 2.09. The van der Waals surface area contributed by atoms with Gasteiger partial charge in [-0.1, -0.05) is 17.7 Å². The fourth-order valence-electron chi connectivity index (χ4n) is 1.71. The third-order valence-electron chi connectivity index (χ3n) is 2.70. The largest absolute Gasteiger partial charge is 0.327 e. The van der Waals surface area contributed by atoms with E-state index in [1.807, 2.05) is 7.05 Å². The molecule has 0 bridgehead atoms. The maximum Gasteiger partial charge on any atom is 0.138 e. The van der Waals surface area contributed by atoms with Crippen LogP contribution in [-0.4, -0.2) is 26.6 Å². The summed E-state index contributed by atoms with van der Waals surface area (Å²) in [6, 6.07) is 8.57. The summed E-state index contributed by atoms with van der Waals surface area (Å²) in [6.45, 7) is 2.10. The van der Waals surface area contributed by atoms with Gasteiger partial charge in [-0.25, -0.2) is 4.98 Å². The van der Waals surface area contributed by atoms with Crippen LogP contribution in [0.4, 0.5) is 0 Å². The van der Waals surface area contributed by atoms with E-state index in [4.69, 9.17) is 5.73 Å². The van der Waals surface area contributed by atoms with Crippen molar-refractivity contribution in [3.05, 3.63) is 42.0 Å². The summed E-state index contributed by atoms with van der Waals surface area (Å²) in [5.74, 6) is 1.82. The van der Waals surface area contributed by atoms with Gasteiger partial charge in [0.1, 0.15) is 12.2 Å². The van der Waals surface area contributed by atoms with Crippen LogP contribution in [0.3, 0.4) is 0 Å². The van der Waals surface area contributed by atoms with E-state index in [9.17, 15) is 0 Å². The second kappa shape index (κ2) is 6.02. The maximum absolute atomic E-state index is 6.12. The second-order valence-electron chi connectivity index (χ2n) is 4.39. The molecule has 1 aromatic carbocycles. The summed E-state index contributed by atoms with van der Waals surface area (Å²) >= 11 is 1.79. The van der Waals surface area contributed by atoms with Crippen molar-refractivity contribution in [3.8, 4) is 0 Å². The molecule has 0 radical (unpaired) electrons. The first kappa shape index (κ1) is 13.1. The van der Waals surface area contributed by atoms with E-state index in [0.717, 1.165) is 18.0 Å². The van der Waals surface area contributed by atoms with E-state index >= 15 is 0 Å². The van der Waals surface area contributed by atoms with Gasteiger partial charge in [0.25, 0.3) is 0 Å². The fraction of sp³-hybridized carbons (Fsp3) is 0.385. The normalized spacial score (nSPS) is 12.6. The van der Waals surface area contributed by atoms with E-state index in [1.54, 1.807) is 22.8 Å². The quantitative estimate of drug-likeness (QED) is 0.835. The zero-order valence-electron chi connectivity index (χ0n) is 10.7. The van der Waals surface area contributed by atoms with Gasteiger partial charge >= 0.3 is 0 Å². The Bertz CT molecular complexity index is 509. The molecule has 0 aliphatic heterocycles. The lowest BCUT2D eigenvalue weighted by atomic mass is 10.2. The van der Waals surface area contributed by atoms with Gasteiger partial charge in [0.15, 0.2) is 0 Å². The number of rotatable bonds is 5. The SMILES string of the molecule is Cc1cccc(SCC(N)Cc2ncnn2C)c1. The minimum Gasteiger partial charge on any atom is -0.327 e. The van der Waals surface area contributed by atoms with Gasteiger partial charge in [-0.05, 0) is 19.1 Å². The molecular formula is C13H18N4S. The smallest absolute Gasteiger partial charge is 0.138 e.